The lowest BCUT2D eigenvalue weighted by molar-refractivity contribution is -0.137. The SMILES string of the molecule is CCc1cnc(N2CCC(N3CCCC(Nc4ccc(S(C)(=O)=O)cc4F)C3=O)CC2)c(C)c1. The summed E-state index contributed by atoms with van der Waals surface area (Å²) < 4.78 is 37.9. The van der Waals surface area contributed by atoms with Gasteiger partial charge in [-0.2, -0.15) is 0 Å². The number of likely N-dealkylation sites (tertiary alicyclic amines) is 1. The van der Waals surface area contributed by atoms with E-state index in [4.69, 9.17) is 0 Å². The summed E-state index contributed by atoms with van der Waals surface area (Å²) in [6.45, 7) is 6.61. The molecule has 2 aliphatic heterocycles. The maximum Gasteiger partial charge on any atom is 0.245 e. The fourth-order valence-electron chi connectivity index (χ4n) is 4.97. The highest BCUT2D eigenvalue weighted by Crippen LogP contribution is 2.28. The molecule has 4 rings (SSSR count). The van der Waals surface area contributed by atoms with Crippen molar-refractivity contribution in [3.05, 3.63) is 47.4 Å². The van der Waals surface area contributed by atoms with Crippen LogP contribution in [0.4, 0.5) is 15.9 Å². The van der Waals surface area contributed by atoms with Gasteiger partial charge in [0, 0.05) is 38.1 Å². The normalized spacial score (nSPS) is 20.0. The second-order valence-corrected chi connectivity index (χ2v) is 11.4. The Hall–Kier alpha value is -2.68. The van der Waals surface area contributed by atoms with Crippen molar-refractivity contribution in [2.24, 2.45) is 0 Å². The number of aromatic nitrogens is 1. The predicted molar refractivity (Wildman–Crippen MR) is 131 cm³/mol. The van der Waals surface area contributed by atoms with E-state index in [9.17, 15) is 17.6 Å². The van der Waals surface area contributed by atoms with Crippen LogP contribution in [0.2, 0.25) is 0 Å². The van der Waals surface area contributed by atoms with Crippen LogP contribution in [0.5, 0.6) is 0 Å². The van der Waals surface area contributed by atoms with Gasteiger partial charge in [0.1, 0.15) is 17.7 Å². The zero-order valence-corrected chi connectivity index (χ0v) is 20.9. The molecule has 2 fully saturated rings. The number of anilines is 2. The molecule has 1 aromatic heterocycles. The molecule has 7 nitrogen and oxygen atoms in total. The third-order valence-corrected chi connectivity index (χ3v) is 8.00. The molecule has 9 heteroatoms. The van der Waals surface area contributed by atoms with Crippen LogP contribution in [0, 0.1) is 12.7 Å². The highest BCUT2D eigenvalue weighted by molar-refractivity contribution is 7.90. The molecule has 0 bridgehead atoms. The average Bonchev–Trinajstić information content (AvgIpc) is 2.81. The smallest absolute Gasteiger partial charge is 0.245 e. The predicted octanol–water partition coefficient (Wildman–Crippen LogP) is 3.57. The molecule has 1 atom stereocenters. The lowest BCUT2D eigenvalue weighted by Gasteiger charge is -2.43. The maximum absolute atomic E-state index is 14.5. The molecule has 1 unspecified atom stereocenters. The first-order valence-electron chi connectivity index (χ1n) is 11.9. The van der Waals surface area contributed by atoms with E-state index in [2.05, 4.69) is 35.1 Å². The topological polar surface area (TPSA) is 82.6 Å². The molecule has 1 amide bonds. The number of amides is 1. The minimum Gasteiger partial charge on any atom is -0.371 e. The number of piperidine rings is 2. The van der Waals surface area contributed by atoms with Crippen LogP contribution in [0.1, 0.15) is 43.7 Å². The lowest BCUT2D eigenvalue weighted by atomic mass is 9.96. The Labute approximate surface area is 201 Å². The van der Waals surface area contributed by atoms with Crippen LogP contribution < -0.4 is 10.2 Å². The van der Waals surface area contributed by atoms with Crippen LogP contribution in [0.25, 0.3) is 0 Å². The summed E-state index contributed by atoms with van der Waals surface area (Å²) in [7, 11) is -3.49. The summed E-state index contributed by atoms with van der Waals surface area (Å²) >= 11 is 0. The van der Waals surface area contributed by atoms with Crippen molar-refractivity contribution in [1.82, 2.24) is 9.88 Å². The number of carbonyl (C=O) groups excluding carboxylic acids is 1. The third kappa shape index (κ3) is 5.19. The number of aryl methyl sites for hydroxylation is 2. The summed E-state index contributed by atoms with van der Waals surface area (Å²) in [5, 5.41) is 3.02. The Bertz CT molecular complexity index is 1160. The van der Waals surface area contributed by atoms with Gasteiger partial charge in [0.2, 0.25) is 5.91 Å². The Balaban J connectivity index is 1.39. The summed E-state index contributed by atoms with van der Waals surface area (Å²) in [4.78, 5) is 22.1. The quantitative estimate of drug-likeness (QED) is 0.670. The van der Waals surface area contributed by atoms with Gasteiger partial charge in [0.25, 0.3) is 0 Å². The molecule has 2 saturated heterocycles. The molecule has 0 aliphatic carbocycles. The first-order valence-corrected chi connectivity index (χ1v) is 13.8. The van der Waals surface area contributed by atoms with Crippen molar-refractivity contribution in [1.29, 1.82) is 0 Å². The Morgan fingerprint density at radius 3 is 2.50 bits per heavy atom. The molecule has 3 heterocycles. The van der Waals surface area contributed by atoms with E-state index in [0.29, 0.717) is 13.0 Å². The molecule has 2 aromatic rings. The highest BCUT2D eigenvalue weighted by Gasteiger charge is 2.35. The standard InChI is InChI=1S/C25H33FN4O3S/c1-4-18-14-17(2)24(27-16-18)29-12-9-19(10-13-29)30-11-5-6-23(25(30)31)28-22-8-7-20(15-21(22)26)34(3,32)33/h7-8,14-16,19,23,28H,4-6,9-13H2,1-3H3. The average molecular weight is 489 g/mol. The van der Waals surface area contributed by atoms with Gasteiger partial charge in [0.05, 0.1) is 10.6 Å². The molecule has 0 radical (unpaired) electrons. The van der Waals surface area contributed by atoms with Crippen LogP contribution in [-0.4, -0.2) is 62.2 Å². The minimum atomic E-state index is -3.49. The number of pyridine rings is 1. The van der Waals surface area contributed by atoms with Crippen LogP contribution in [-0.2, 0) is 21.1 Å². The molecular formula is C25H33FN4O3S. The molecule has 34 heavy (non-hydrogen) atoms. The number of nitrogens with zero attached hydrogens (tertiary/aromatic N) is 3. The first kappa shape index (κ1) is 24.4. The zero-order valence-electron chi connectivity index (χ0n) is 20.1. The third-order valence-electron chi connectivity index (χ3n) is 6.89. The zero-order chi connectivity index (χ0) is 24.5. The number of hydrogen-bond donors (Lipinski definition) is 1. The van der Waals surface area contributed by atoms with Crippen molar-refractivity contribution in [2.45, 2.75) is 62.9 Å². The van der Waals surface area contributed by atoms with Crippen molar-refractivity contribution in [3.8, 4) is 0 Å². The van der Waals surface area contributed by atoms with Gasteiger partial charge >= 0.3 is 0 Å². The summed E-state index contributed by atoms with van der Waals surface area (Å²) in [5.41, 5.74) is 2.57. The van der Waals surface area contributed by atoms with E-state index in [-0.39, 0.29) is 22.5 Å². The van der Waals surface area contributed by atoms with Gasteiger partial charge in [-0.3, -0.25) is 4.79 Å². The van der Waals surface area contributed by atoms with Gasteiger partial charge < -0.3 is 15.1 Å². The van der Waals surface area contributed by atoms with Crippen molar-refractivity contribution in [2.75, 3.05) is 36.1 Å². The van der Waals surface area contributed by atoms with Gasteiger partial charge in [0.15, 0.2) is 9.84 Å². The number of carbonyl (C=O) groups is 1. The molecule has 184 valence electrons. The number of benzene rings is 1. The summed E-state index contributed by atoms with van der Waals surface area (Å²) in [5.74, 6) is 0.337. The van der Waals surface area contributed by atoms with E-state index >= 15 is 0 Å². The number of nitrogens with one attached hydrogen (secondary N) is 1. The lowest BCUT2D eigenvalue weighted by Crippen LogP contribution is -2.54. The highest BCUT2D eigenvalue weighted by atomic mass is 32.2. The van der Waals surface area contributed by atoms with E-state index in [0.717, 1.165) is 56.9 Å². The molecule has 1 aromatic carbocycles. The van der Waals surface area contributed by atoms with Gasteiger partial charge in [-0.15, -0.1) is 0 Å². The molecule has 2 aliphatic rings. The summed E-state index contributed by atoms with van der Waals surface area (Å²) in [6.07, 6.45) is 7.15. The number of halogens is 1. The monoisotopic (exact) mass is 488 g/mol. The Kier molecular flexibility index (Phi) is 7.12. The molecule has 1 N–H and O–H groups in total. The fourth-order valence-corrected chi connectivity index (χ4v) is 5.60. The van der Waals surface area contributed by atoms with E-state index in [1.165, 1.54) is 23.3 Å². The van der Waals surface area contributed by atoms with Gasteiger partial charge in [-0.25, -0.2) is 17.8 Å². The van der Waals surface area contributed by atoms with Crippen LogP contribution in [0.15, 0.2) is 35.4 Å². The molecule has 0 saturated carbocycles. The van der Waals surface area contributed by atoms with Crippen molar-refractivity contribution in [3.63, 3.8) is 0 Å². The Morgan fingerprint density at radius 2 is 1.88 bits per heavy atom. The van der Waals surface area contributed by atoms with E-state index in [1.54, 1.807) is 0 Å². The second kappa shape index (κ2) is 9.90. The largest absolute Gasteiger partial charge is 0.371 e. The van der Waals surface area contributed by atoms with Crippen molar-refractivity contribution < 1.29 is 17.6 Å². The number of rotatable bonds is 6. The first-order chi connectivity index (χ1) is 16.2. The minimum absolute atomic E-state index is 0.0158. The van der Waals surface area contributed by atoms with Crippen molar-refractivity contribution >= 4 is 27.2 Å². The molecular weight excluding hydrogens is 455 g/mol. The van der Waals surface area contributed by atoms with E-state index in [1.807, 2.05) is 11.1 Å². The second-order valence-electron chi connectivity index (χ2n) is 9.34. The maximum atomic E-state index is 14.5. The van der Waals surface area contributed by atoms with Crippen LogP contribution >= 0.6 is 0 Å². The Morgan fingerprint density at radius 1 is 1.15 bits per heavy atom. The summed E-state index contributed by atoms with van der Waals surface area (Å²) in [6, 6.07) is 5.60. The number of hydrogen-bond acceptors (Lipinski definition) is 6. The van der Waals surface area contributed by atoms with Gasteiger partial charge in [-0.1, -0.05) is 13.0 Å². The number of sulfone groups is 1. The van der Waals surface area contributed by atoms with Gasteiger partial charge in [-0.05, 0) is 68.4 Å². The molecule has 0 spiro atoms. The fraction of sp³-hybridized carbons (Fsp3) is 0.520. The van der Waals surface area contributed by atoms with Crippen LogP contribution in [0.3, 0.4) is 0 Å². The van der Waals surface area contributed by atoms with E-state index < -0.39 is 21.7 Å².